The first-order valence-electron chi connectivity index (χ1n) is 6.37. The molecule has 1 amide bonds. The van der Waals surface area contributed by atoms with Crippen molar-refractivity contribution in [3.63, 3.8) is 0 Å². The van der Waals surface area contributed by atoms with E-state index in [0.29, 0.717) is 6.42 Å². The Morgan fingerprint density at radius 2 is 1.80 bits per heavy atom. The van der Waals surface area contributed by atoms with E-state index >= 15 is 0 Å². The number of carbonyl (C=O) groups excluding carboxylic acids is 1. The minimum absolute atomic E-state index is 0.00675. The van der Waals surface area contributed by atoms with Crippen molar-refractivity contribution < 1.29 is 9.18 Å². The second kappa shape index (κ2) is 7.19. The maximum Gasteiger partial charge on any atom is 0.274 e. The molecule has 0 saturated heterocycles. The Hall–Kier alpha value is -2.49. The first-order chi connectivity index (χ1) is 9.77. The Balaban J connectivity index is 1.79. The van der Waals surface area contributed by atoms with Crippen LogP contribution in [0.3, 0.4) is 0 Å². The van der Waals surface area contributed by atoms with E-state index in [1.54, 1.807) is 12.3 Å². The number of rotatable bonds is 5. The highest BCUT2D eigenvalue weighted by molar-refractivity contribution is 5.94. The zero-order valence-electron chi connectivity index (χ0n) is 10.9. The van der Waals surface area contributed by atoms with Gasteiger partial charge in [-0.05, 0) is 30.5 Å². The van der Waals surface area contributed by atoms with Crippen molar-refractivity contribution >= 4 is 12.1 Å². The van der Waals surface area contributed by atoms with Crippen LogP contribution >= 0.6 is 0 Å². The van der Waals surface area contributed by atoms with Crippen LogP contribution in [0.5, 0.6) is 0 Å². The van der Waals surface area contributed by atoms with Crippen LogP contribution < -0.4 is 5.43 Å². The molecule has 0 spiro atoms. The van der Waals surface area contributed by atoms with Crippen LogP contribution in [0.15, 0.2) is 59.7 Å². The summed E-state index contributed by atoms with van der Waals surface area (Å²) in [5.41, 5.74) is 3.52. The van der Waals surface area contributed by atoms with Gasteiger partial charge < -0.3 is 0 Å². The van der Waals surface area contributed by atoms with E-state index in [1.807, 2.05) is 30.3 Å². The number of hydrogen-bond donors (Lipinski definition) is 1. The molecular formula is C16H15FN2O. The van der Waals surface area contributed by atoms with Crippen LogP contribution in [0.2, 0.25) is 0 Å². The molecule has 0 aliphatic carbocycles. The lowest BCUT2D eigenvalue weighted by Gasteiger charge is -2.00. The van der Waals surface area contributed by atoms with E-state index in [2.05, 4.69) is 10.5 Å². The van der Waals surface area contributed by atoms with Crippen molar-refractivity contribution in [1.29, 1.82) is 0 Å². The molecule has 20 heavy (non-hydrogen) atoms. The maximum absolute atomic E-state index is 13.3. The second-order valence-electron chi connectivity index (χ2n) is 4.26. The third-order valence-corrected chi connectivity index (χ3v) is 2.78. The van der Waals surface area contributed by atoms with E-state index in [-0.39, 0.29) is 5.56 Å². The molecule has 0 heterocycles. The molecule has 0 bridgehead atoms. The number of carbonyl (C=O) groups is 1. The highest BCUT2D eigenvalue weighted by Crippen LogP contribution is 2.05. The largest absolute Gasteiger partial charge is 0.274 e. The fourth-order valence-electron chi connectivity index (χ4n) is 1.75. The monoisotopic (exact) mass is 270 g/mol. The summed E-state index contributed by atoms with van der Waals surface area (Å²) in [4.78, 5) is 11.6. The lowest BCUT2D eigenvalue weighted by atomic mass is 10.1. The molecule has 0 aliphatic heterocycles. The highest BCUT2D eigenvalue weighted by Gasteiger charge is 2.08. The van der Waals surface area contributed by atoms with E-state index in [9.17, 15) is 9.18 Å². The smallest absolute Gasteiger partial charge is 0.267 e. The van der Waals surface area contributed by atoms with Crippen LogP contribution in [-0.2, 0) is 6.42 Å². The summed E-state index contributed by atoms with van der Waals surface area (Å²) >= 11 is 0. The number of amides is 1. The van der Waals surface area contributed by atoms with Gasteiger partial charge in [0.25, 0.3) is 5.91 Å². The maximum atomic E-state index is 13.3. The number of aryl methyl sites for hydroxylation is 1. The topological polar surface area (TPSA) is 41.5 Å². The molecular weight excluding hydrogens is 255 g/mol. The molecule has 2 aromatic rings. The van der Waals surface area contributed by atoms with Crippen LogP contribution in [-0.4, -0.2) is 12.1 Å². The fourth-order valence-corrected chi connectivity index (χ4v) is 1.75. The summed E-state index contributed by atoms with van der Waals surface area (Å²) in [6.45, 7) is 0. The minimum atomic E-state index is -0.551. The Morgan fingerprint density at radius 3 is 2.55 bits per heavy atom. The number of nitrogens with one attached hydrogen (secondary N) is 1. The van der Waals surface area contributed by atoms with Crippen LogP contribution in [0.4, 0.5) is 4.39 Å². The number of halogens is 1. The normalized spacial score (nSPS) is 10.7. The predicted molar refractivity (Wildman–Crippen MR) is 77.1 cm³/mol. The molecule has 0 aliphatic rings. The molecule has 0 aromatic heterocycles. The highest BCUT2D eigenvalue weighted by atomic mass is 19.1. The quantitative estimate of drug-likeness (QED) is 0.658. The summed E-state index contributed by atoms with van der Waals surface area (Å²) in [6, 6.07) is 15.8. The van der Waals surface area contributed by atoms with Gasteiger partial charge in [0.2, 0.25) is 0 Å². The van der Waals surface area contributed by atoms with Crippen molar-refractivity contribution in [2.75, 3.05) is 0 Å². The van der Waals surface area contributed by atoms with Gasteiger partial charge in [-0.25, -0.2) is 9.82 Å². The van der Waals surface area contributed by atoms with Gasteiger partial charge in [-0.3, -0.25) is 4.79 Å². The number of hydrogen-bond acceptors (Lipinski definition) is 2. The Bertz CT molecular complexity index is 596. The van der Waals surface area contributed by atoms with Gasteiger partial charge in [0.15, 0.2) is 0 Å². The van der Waals surface area contributed by atoms with E-state index < -0.39 is 11.7 Å². The third kappa shape index (κ3) is 4.02. The fraction of sp³-hybridized carbons (Fsp3) is 0.125. The standard InChI is InChI=1S/C16H15FN2O/c17-15-11-5-4-10-14(15)16(20)19-18-12-6-9-13-7-2-1-3-8-13/h1-5,7-8,10-12H,6,9H2,(H,19,20). The molecule has 0 saturated carbocycles. The molecule has 0 radical (unpaired) electrons. The molecule has 4 heteroatoms. The molecule has 0 unspecified atom stereocenters. The van der Waals surface area contributed by atoms with Crippen molar-refractivity contribution in [2.45, 2.75) is 12.8 Å². The van der Waals surface area contributed by atoms with Gasteiger partial charge in [0.1, 0.15) is 5.82 Å². The summed E-state index contributed by atoms with van der Waals surface area (Å²) in [5, 5.41) is 3.81. The molecule has 0 atom stereocenters. The zero-order chi connectivity index (χ0) is 14.2. The van der Waals surface area contributed by atoms with Gasteiger partial charge in [-0.1, -0.05) is 42.5 Å². The van der Waals surface area contributed by atoms with Crippen molar-refractivity contribution in [1.82, 2.24) is 5.43 Å². The molecule has 102 valence electrons. The molecule has 0 fully saturated rings. The third-order valence-electron chi connectivity index (χ3n) is 2.78. The van der Waals surface area contributed by atoms with E-state index in [4.69, 9.17) is 0 Å². The van der Waals surface area contributed by atoms with E-state index in [0.717, 1.165) is 6.42 Å². The summed E-state index contributed by atoms with van der Waals surface area (Å²) in [6.07, 6.45) is 3.17. The SMILES string of the molecule is O=C(NN=CCCc1ccccc1)c1ccccc1F. The number of nitrogens with zero attached hydrogens (tertiary/aromatic N) is 1. The van der Waals surface area contributed by atoms with Gasteiger partial charge in [0, 0.05) is 6.21 Å². The molecule has 3 nitrogen and oxygen atoms in total. The number of benzene rings is 2. The van der Waals surface area contributed by atoms with Crippen LogP contribution in [0, 0.1) is 5.82 Å². The van der Waals surface area contributed by atoms with Gasteiger partial charge in [-0.15, -0.1) is 0 Å². The molecule has 1 N–H and O–H groups in total. The molecule has 2 rings (SSSR count). The first kappa shape index (κ1) is 13.9. The molecule has 2 aromatic carbocycles. The van der Waals surface area contributed by atoms with Crippen LogP contribution in [0.1, 0.15) is 22.3 Å². The summed E-state index contributed by atoms with van der Waals surface area (Å²) in [5.74, 6) is -1.09. The average Bonchev–Trinajstić information content (AvgIpc) is 2.48. The lowest BCUT2D eigenvalue weighted by Crippen LogP contribution is -2.18. The van der Waals surface area contributed by atoms with Gasteiger partial charge >= 0.3 is 0 Å². The number of hydrazone groups is 1. The Morgan fingerprint density at radius 1 is 1.10 bits per heavy atom. The summed E-state index contributed by atoms with van der Waals surface area (Å²) in [7, 11) is 0. The van der Waals surface area contributed by atoms with Crippen molar-refractivity contribution in [3.8, 4) is 0 Å². The Kier molecular flexibility index (Phi) is 5.00. The van der Waals surface area contributed by atoms with Crippen molar-refractivity contribution in [3.05, 3.63) is 71.5 Å². The predicted octanol–water partition coefficient (Wildman–Crippen LogP) is 3.17. The summed E-state index contributed by atoms with van der Waals surface area (Å²) < 4.78 is 13.3. The Labute approximate surface area is 117 Å². The van der Waals surface area contributed by atoms with Crippen LogP contribution in [0.25, 0.3) is 0 Å². The van der Waals surface area contributed by atoms with E-state index in [1.165, 1.54) is 23.8 Å². The van der Waals surface area contributed by atoms with Gasteiger partial charge in [0.05, 0.1) is 5.56 Å². The second-order valence-corrected chi connectivity index (χ2v) is 4.26. The average molecular weight is 270 g/mol. The first-order valence-corrected chi connectivity index (χ1v) is 6.37. The lowest BCUT2D eigenvalue weighted by molar-refractivity contribution is 0.0951. The van der Waals surface area contributed by atoms with Crippen molar-refractivity contribution in [2.24, 2.45) is 5.10 Å². The zero-order valence-corrected chi connectivity index (χ0v) is 10.9. The van der Waals surface area contributed by atoms with Gasteiger partial charge in [-0.2, -0.15) is 5.10 Å². The minimum Gasteiger partial charge on any atom is -0.267 e.